The maximum atomic E-state index is 13.3. The Bertz CT molecular complexity index is 1320. The van der Waals surface area contributed by atoms with Crippen LogP contribution < -0.4 is 5.56 Å². The summed E-state index contributed by atoms with van der Waals surface area (Å²) in [4.78, 5) is 18.0. The van der Waals surface area contributed by atoms with Crippen LogP contribution in [0.1, 0.15) is 0 Å². The first-order valence-corrected chi connectivity index (χ1v) is 8.29. The molecule has 5 rings (SSSR count). The van der Waals surface area contributed by atoms with Crippen molar-refractivity contribution in [2.24, 2.45) is 0 Å². The van der Waals surface area contributed by atoms with Crippen molar-refractivity contribution in [2.75, 3.05) is 0 Å². The van der Waals surface area contributed by atoms with Crippen molar-refractivity contribution in [3.8, 4) is 5.69 Å². The fraction of sp³-hybridized carbons (Fsp3) is 0. The molecule has 25 heavy (non-hydrogen) atoms. The third-order valence-corrected chi connectivity index (χ3v) is 4.71. The molecule has 0 amide bonds. The first-order valence-electron chi connectivity index (χ1n) is 7.92. The van der Waals surface area contributed by atoms with Gasteiger partial charge in [-0.25, -0.2) is 9.67 Å². The van der Waals surface area contributed by atoms with E-state index in [1.807, 2.05) is 71.4 Å². The van der Waals surface area contributed by atoms with Gasteiger partial charge in [-0.2, -0.15) is 4.52 Å². The number of benzene rings is 3. The van der Waals surface area contributed by atoms with Crippen LogP contribution in [0.4, 0.5) is 0 Å². The second kappa shape index (κ2) is 5.19. The van der Waals surface area contributed by atoms with Gasteiger partial charge in [0.1, 0.15) is 0 Å². The zero-order valence-corrected chi connectivity index (χ0v) is 13.8. The monoisotopic (exact) mass is 345 g/mol. The fourth-order valence-corrected chi connectivity index (χ4v) is 3.57. The van der Waals surface area contributed by atoms with Crippen LogP contribution in [0, 0.1) is 0 Å². The summed E-state index contributed by atoms with van der Waals surface area (Å²) < 4.78 is 3.50. The van der Waals surface area contributed by atoms with Gasteiger partial charge < -0.3 is 0 Å². The molecule has 0 radical (unpaired) electrons. The van der Waals surface area contributed by atoms with Gasteiger partial charge in [0.05, 0.1) is 27.1 Å². The summed E-state index contributed by atoms with van der Waals surface area (Å²) >= 11 is 6.30. The average molecular weight is 346 g/mol. The molecule has 0 saturated carbocycles. The molecule has 0 N–H and O–H groups in total. The molecule has 0 aliphatic rings. The number of para-hydroxylation sites is 2. The lowest BCUT2D eigenvalue weighted by molar-refractivity contribution is 0.794. The summed E-state index contributed by atoms with van der Waals surface area (Å²) in [5.41, 5.74) is 2.87. The van der Waals surface area contributed by atoms with Crippen molar-refractivity contribution >= 4 is 39.1 Å². The van der Waals surface area contributed by atoms with Crippen LogP contribution >= 0.6 is 11.6 Å². The zero-order chi connectivity index (χ0) is 17.0. The van der Waals surface area contributed by atoms with Crippen molar-refractivity contribution in [3.63, 3.8) is 0 Å². The van der Waals surface area contributed by atoms with Crippen LogP contribution in [0.5, 0.6) is 0 Å². The molecule has 2 heterocycles. The zero-order valence-electron chi connectivity index (χ0n) is 13.1. The Balaban J connectivity index is 2.11. The predicted molar refractivity (Wildman–Crippen MR) is 101 cm³/mol. The second-order valence-corrected chi connectivity index (χ2v) is 6.26. The quantitative estimate of drug-likeness (QED) is 0.450. The van der Waals surface area contributed by atoms with Gasteiger partial charge in [-0.1, -0.05) is 48.0 Å². The third kappa shape index (κ3) is 1.95. The Morgan fingerprint density at radius 3 is 2.44 bits per heavy atom. The summed E-state index contributed by atoms with van der Waals surface area (Å²) in [6.45, 7) is 0. The summed E-state index contributed by atoms with van der Waals surface area (Å²) in [6, 6.07) is 23.0. The van der Waals surface area contributed by atoms with E-state index in [0.29, 0.717) is 21.6 Å². The first-order chi connectivity index (χ1) is 12.3. The van der Waals surface area contributed by atoms with Crippen molar-refractivity contribution in [2.45, 2.75) is 0 Å². The molecule has 3 aromatic carbocycles. The topological polar surface area (TPSA) is 39.3 Å². The number of hydrogen-bond donors (Lipinski definition) is 0. The highest BCUT2D eigenvalue weighted by molar-refractivity contribution is 6.35. The molecule has 2 aromatic heterocycles. The standard InChI is InChI=1S/C20H12ClN3O/c21-15-10-6-11-16-18(15)20(25)24-19(22-16)14-9-4-5-12-17(14)23(24)13-7-2-1-3-8-13/h1-12H. The number of fused-ring (bicyclic) bond motifs is 4. The average Bonchev–Trinajstić information content (AvgIpc) is 2.97. The van der Waals surface area contributed by atoms with Crippen molar-refractivity contribution in [1.82, 2.24) is 14.2 Å². The first kappa shape index (κ1) is 14.3. The van der Waals surface area contributed by atoms with Crippen LogP contribution in [-0.4, -0.2) is 14.2 Å². The number of hydrogen-bond acceptors (Lipinski definition) is 2. The van der Waals surface area contributed by atoms with Crippen LogP contribution in [0.2, 0.25) is 5.02 Å². The molecule has 0 fully saturated rings. The highest BCUT2D eigenvalue weighted by Gasteiger charge is 2.17. The Morgan fingerprint density at radius 2 is 1.60 bits per heavy atom. The van der Waals surface area contributed by atoms with Crippen LogP contribution in [-0.2, 0) is 0 Å². The molecule has 0 unspecified atom stereocenters. The highest BCUT2D eigenvalue weighted by atomic mass is 35.5. The molecule has 0 saturated heterocycles. The van der Waals surface area contributed by atoms with E-state index < -0.39 is 0 Å². The molecule has 0 spiro atoms. The number of halogens is 1. The van der Waals surface area contributed by atoms with Gasteiger partial charge in [0, 0.05) is 5.39 Å². The Kier molecular flexibility index (Phi) is 2.96. The Hall–Kier alpha value is -3.11. The number of aromatic nitrogens is 3. The minimum Gasteiger partial charge on any atom is -0.267 e. The van der Waals surface area contributed by atoms with Gasteiger partial charge in [-0.05, 0) is 36.4 Å². The van der Waals surface area contributed by atoms with E-state index in [4.69, 9.17) is 16.6 Å². The van der Waals surface area contributed by atoms with Crippen molar-refractivity contribution < 1.29 is 0 Å². The highest BCUT2D eigenvalue weighted by Crippen LogP contribution is 2.26. The van der Waals surface area contributed by atoms with Crippen LogP contribution in [0.15, 0.2) is 77.6 Å². The van der Waals surface area contributed by atoms with Gasteiger partial charge in [-0.15, -0.1) is 0 Å². The number of rotatable bonds is 1. The van der Waals surface area contributed by atoms with E-state index in [9.17, 15) is 4.79 Å². The molecular weight excluding hydrogens is 334 g/mol. The molecule has 120 valence electrons. The summed E-state index contributed by atoms with van der Waals surface area (Å²) in [5.74, 6) is 0. The summed E-state index contributed by atoms with van der Waals surface area (Å²) in [5, 5.41) is 1.77. The van der Waals surface area contributed by atoms with E-state index in [-0.39, 0.29) is 5.56 Å². The lowest BCUT2D eigenvalue weighted by Gasteiger charge is -2.08. The largest absolute Gasteiger partial charge is 0.282 e. The molecular formula is C20H12ClN3O. The maximum Gasteiger partial charge on any atom is 0.282 e. The van der Waals surface area contributed by atoms with E-state index in [1.165, 1.54) is 0 Å². The van der Waals surface area contributed by atoms with Gasteiger partial charge in [-0.3, -0.25) is 4.79 Å². The van der Waals surface area contributed by atoms with Crippen molar-refractivity contribution in [1.29, 1.82) is 0 Å². The summed E-state index contributed by atoms with van der Waals surface area (Å²) in [7, 11) is 0. The van der Waals surface area contributed by atoms with Crippen molar-refractivity contribution in [3.05, 3.63) is 88.2 Å². The van der Waals surface area contributed by atoms with Crippen LogP contribution in [0.25, 0.3) is 33.1 Å². The Labute approximate surface area is 147 Å². The van der Waals surface area contributed by atoms with E-state index in [0.717, 1.165) is 16.6 Å². The van der Waals surface area contributed by atoms with Gasteiger partial charge in [0.15, 0.2) is 5.65 Å². The predicted octanol–water partition coefficient (Wildman–Crippen LogP) is 4.45. The van der Waals surface area contributed by atoms with Gasteiger partial charge in [0.2, 0.25) is 0 Å². The van der Waals surface area contributed by atoms with Gasteiger partial charge >= 0.3 is 0 Å². The lowest BCUT2D eigenvalue weighted by atomic mass is 10.2. The van der Waals surface area contributed by atoms with E-state index in [2.05, 4.69) is 0 Å². The number of nitrogens with zero attached hydrogens (tertiary/aromatic N) is 3. The Morgan fingerprint density at radius 1 is 0.840 bits per heavy atom. The van der Waals surface area contributed by atoms with E-state index in [1.54, 1.807) is 10.6 Å². The molecule has 0 bridgehead atoms. The molecule has 0 atom stereocenters. The molecule has 5 aromatic rings. The summed E-state index contributed by atoms with van der Waals surface area (Å²) in [6.07, 6.45) is 0. The lowest BCUT2D eigenvalue weighted by Crippen LogP contribution is -2.21. The molecule has 4 nitrogen and oxygen atoms in total. The van der Waals surface area contributed by atoms with Crippen LogP contribution in [0.3, 0.4) is 0 Å². The SMILES string of the molecule is O=c1c2c(Cl)cccc2nc2c3ccccc3n(-c3ccccc3)n12. The van der Waals surface area contributed by atoms with Gasteiger partial charge in [0.25, 0.3) is 5.56 Å². The molecule has 0 aliphatic carbocycles. The third-order valence-electron chi connectivity index (χ3n) is 4.40. The maximum absolute atomic E-state index is 13.3. The fourth-order valence-electron chi connectivity index (χ4n) is 3.32. The second-order valence-electron chi connectivity index (χ2n) is 5.85. The normalized spacial score (nSPS) is 11.6. The molecule has 5 heteroatoms. The van der Waals surface area contributed by atoms with E-state index >= 15 is 0 Å². The minimum atomic E-state index is -0.175. The molecule has 0 aliphatic heterocycles. The smallest absolute Gasteiger partial charge is 0.267 e. The minimum absolute atomic E-state index is 0.175.